The fourth-order valence-corrected chi connectivity index (χ4v) is 3.73. The van der Waals surface area contributed by atoms with Gasteiger partial charge in [-0.2, -0.15) is 0 Å². The van der Waals surface area contributed by atoms with Crippen molar-refractivity contribution in [3.8, 4) is 0 Å². The van der Waals surface area contributed by atoms with Gasteiger partial charge in [-0.15, -0.1) is 11.8 Å². The molecule has 0 bridgehead atoms. The van der Waals surface area contributed by atoms with Crippen LogP contribution in [0.3, 0.4) is 0 Å². The molecule has 3 rings (SSSR count). The maximum absolute atomic E-state index is 6.09. The molecular weight excluding hydrogens is 326 g/mol. The van der Waals surface area contributed by atoms with E-state index in [1.54, 1.807) is 0 Å². The van der Waals surface area contributed by atoms with E-state index in [4.69, 9.17) is 17.3 Å². The molecule has 5 heteroatoms. The number of nitrogens with zero attached hydrogens (tertiary/aromatic N) is 2. The van der Waals surface area contributed by atoms with Gasteiger partial charge in [0.2, 0.25) is 5.28 Å². The molecule has 0 saturated carbocycles. The molecule has 0 aliphatic rings. The van der Waals surface area contributed by atoms with E-state index in [1.807, 2.05) is 30.0 Å². The van der Waals surface area contributed by atoms with Crippen LogP contribution in [0.15, 0.2) is 47.4 Å². The lowest BCUT2D eigenvalue weighted by molar-refractivity contribution is 0.896. The van der Waals surface area contributed by atoms with E-state index < -0.39 is 0 Å². The van der Waals surface area contributed by atoms with Crippen molar-refractivity contribution in [2.75, 3.05) is 11.5 Å². The molecule has 0 amide bonds. The largest absolute Gasteiger partial charge is 0.398 e. The lowest BCUT2D eigenvalue weighted by atomic mass is 10.1. The van der Waals surface area contributed by atoms with Gasteiger partial charge < -0.3 is 5.73 Å². The molecule has 3 aromatic rings. The Kier molecular flexibility index (Phi) is 5.03. The number of nitrogens with two attached hydrogens (primary N) is 1. The molecular formula is C18H18ClN3S. The molecule has 118 valence electrons. The van der Waals surface area contributed by atoms with E-state index in [1.165, 1.54) is 10.5 Å². The van der Waals surface area contributed by atoms with Gasteiger partial charge in [0.05, 0.1) is 11.2 Å². The van der Waals surface area contributed by atoms with Gasteiger partial charge >= 0.3 is 0 Å². The average molecular weight is 344 g/mol. The molecule has 0 atom stereocenters. The third kappa shape index (κ3) is 3.95. The quantitative estimate of drug-likeness (QED) is 0.310. The Bertz CT molecular complexity index is 836. The smallest absolute Gasteiger partial charge is 0.223 e. The Labute approximate surface area is 145 Å². The molecule has 1 aromatic heterocycles. The highest BCUT2D eigenvalue weighted by Crippen LogP contribution is 2.26. The molecule has 2 N–H and O–H groups in total. The number of anilines is 1. The first-order valence-electron chi connectivity index (χ1n) is 7.53. The van der Waals surface area contributed by atoms with Gasteiger partial charge in [0.15, 0.2) is 0 Å². The lowest BCUT2D eigenvalue weighted by Crippen LogP contribution is -2.00. The van der Waals surface area contributed by atoms with Crippen LogP contribution in [0.25, 0.3) is 10.9 Å². The minimum Gasteiger partial charge on any atom is -0.398 e. The summed E-state index contributed by atoms with van der Waals surface area (Å²) >= 11 is 7.89. The number of rotatable bonds is 5. The molecule has 0 radical (unpaired) electrons. The second kappa shape index (κ2) is 7.20. The highest BCUT2D eigenvalue weighted by atomic mass is 35.5. The molecule has 0 aliphatic carbocycles. The second-order valence-corrected chi connectivity index (χ2v) is 6.96. The highest BCUT2D eigenvalue weighted by molar-refractivity contribution is 7.99. The normalized spacial score (nSPS) is 11.0. The van der Waals surface area contributed by atoms with Crippen molar-refractivity contribution in [2.45, 2.75) is 24.7 Å². The van der Waals surface area contributed by atoms with E-state index in [2.05, 4.69) is 41.2 Å². The van der Waals surface area contributed by atoms with Crippen LogP contribution < -0.4 is 5.73 Å². The first-order valence-corrected chi connectivity index (χ1v) is 8.90. The molecule has 1 heterocycles. The number of nitrogen functional groups attached to an aromatic ring is 1. The molecule has 0 unspecified atom stereocenters. The van der Waals surface area contributed by atoms with Crippen molar-refractivity contribution in [1.82, 2.24) is 9.97 Å². The van der Waals surface area contributed by atoms with Crippen LogP contribution in [-0.4, -0.2) is 15.7 Å². The molecule has 0 spiro atoms. The van der Waals surface area contributed by atoms with Crippen molar-refractivity contribution in [3.63, 3.8) is 0 Å². The Morgan fingerprint density at radius 2 is 1.96 bits per heavy atom. The van der Waals surface area contributed by atoms with Crippen molar-refractivity contribution >= 4 is 40.0 Å². The number of fused-ring (bicyclic) bond motifs is 1. The number of thioether (sulfide) groups is 1. The third-order valence-electron chi connectivity index (χ3n) is 3.62. The topological polar surface area (TPSA) is 51.8 Å². The first kappa shape index (κ1) is 16.1. The minimum atomic E-state index is 0.282. The fraction of sp³-hybridized carbons (Fsp3) is 0.222. The van der Waals surface area contributed by atoms with Gasteiger partial charge in [-0.3, -0.25) is 0 Å². The summed E-state index contributed by atoms with van der Waals surface area (Å²) < 4.78 is 0. The van der Waals surface area contributed by atoms with Gasteiger partial charge in [-0.05, 0) is 61.4 Å². The molecule has 23 heavy (non-hydrogen) atoms. The van der Waals surface area contributed by atoms with E-state index in [-0.39, 0.29) is 5.28 Å². The number of aryl methyl sites for hydroxylation is 2. The van der Waals surface area contributed by atoms with Crippen molar-refractivity contribution in [3.05, 3.63) is 59.0 Å². The van der Waals surface area contributed by atoms with Crippen LogP contribution in [0.1, 0.15) is 17.7 Å². The SMILES string of the molecule is Cc1cccc(SCCCc2nc(Cl)nc3cccc(N)c23)c1. The zero-order valence-corrected chi connectivity index (χ0v) is 14.5. The summed E-state index contributed by atoms with van der Waals surface area (Å²) in [6, 6.07) is 14.2. The van der Waals surface area contributed by atoms with Gasteiger partial charge in [0, 0.05) is 16.0 Å². The maximum atomic E-state index is 6.09. The van der Waals surface area contributed by atoms with Crippen LogP contribution in [0.2, 0.25) is 5.28 Å². The summed E-state index contributed by atoms with van der Waals surface area (Å²) in [5.74, 6) is 1.03. The maximum Gasteiger partial charge on any atom is 0.223 e. The van der Waals surface area contributed by atoms with Gasteiger partial charge in [0.1, 0.15) is 0 Å². The molecule has 0 fully saturated rings. The highest BCUT2D eigenvalue weighted by Gasteiger charge is 2.09. The van der Waals surface area contributed by atoms with Crippen molar-refractivity contribution in [1.29, 1.82) is 0 Å². The summed E-state index contributed by atoms with van der Waals surface area (Å²) in [6.45, 7) is 2.11. The summed E-state index contributed by atoms with van der Waals surface area (Å²) in [5, 5.41) is 1.21. The Balaban J connectivity index is 1.70. The van der Waals surface area contributed by atoms with Crippen LogP contribution >= 0.6 is 23.4 Å². The van der Waals surface area contributed by atoms with Crippen molar-refractivity contribution < 1.29 is 0 Å². The zero-order chi connectivity index (χ0) is 16.2. The second-order valence-electron chi connectivity index (χ2n) is 5.45. The van der Waals surface area contributed by atoms with E-state index in [0.717, 1.165) is 35.2 Å². The predicted molar refractivity (Wildman–Crippen MR) is 99.2 cm³/mol. The number of hydrogen-bond acceptors (Lipinski definition) is 4. The molecule has 2 aromatic carbocycles. The summed E-state index contributed by atoms with van der Waals surface area (Å²) in [6.07, 6.45) is 1.85. The van der Waals surface area contributed by atoms with Crippen LogP contribution in [0.5, 0.6) is 0 Å². The first-order chi connectivity index (χ1) is 11.1. The standard InChI is InChI=1S/C18H18ClN3S/c1-12-5-2-6-13(11-12)23-10-4-9-16-17-14(20)7-3-8-15(17)21-18(19)22-16/h2-3,5-8,11H,4,9-10,20H2,1H3. The average Bonchev–Trinajstić information content (AvgIpc) is 2.51. The van der Waals surface area contributed by atoms with Crippen LogP contribution in [0.4, 0.5) is 5.69 Å². The number of aromatic nitrogens is 2. The van der Waals surface area contributed by atoms with E-state index >= 15 is 0 Å². The monoisotopic (exact) mass is 343 g/mol. The zero-order valence-electron chi connectivity index (χ0n) is 12.9. The lowest BCUT2D eigenvalue weighted by Gasteiger charge is -2.08. The van der Waals surface area contributed by atoms with Crippen molar-refractivity contribution in [2.24, 2.45) is 0 Å². The molecule has 0 aliphatic heterocycles. The number of halogens is 1. The third-order valence-corrected chi connectivity index (χ3v) is 4.87. The molecule has 3 nitrogen and oxygen atoms in total. The Hall–Kier alpha value is -1.78. The van der Waals surface area contributed by atoms with Crippen LogP contribution in [0, 0.1) is 6.92 Å². The summed E-state index contributed by atoms with van der Waals surface area (Å²) in [7, 11) is 0. The van der Waals surface area contributed by atoms with Gasteiger partial charge in [-0.25, -0.2) is 9.97 Å². The predicted octanol–water partition coefficient (Wildman–Crippen LogP) is 4.90. The fourth-order valence-electron chi connectivity index (χ4n) is 2.57. The van der Waals surface area contributed by atoms with Gasteiger partial charge in [0.25, 0.3) is 0 Å². The molecule has 0 saturated heterocycles. The number of hydrogen-bond donors (Lipinski definition) is 1. The van der Waals surface area contributed by atoms with Gasteiger partial charge in [-0.1, -0.05) is 23.8 Å². The summed E-state index contributed by atoms with van der Waals surface area (Å²) in [5.41, 5.74) is 9.83. The Morgan fingerprint density at radius 1 is 1.13 bits per heavy atom. The Morgan fingerprint density at radius 3 is 2.78 bits per heavy atom. The summed E-state index contributed by atoms with van der Waals surface area (Å²) in [4.78, 5) is 9.94. The van der Waals surface area contributed by atoms with Crippen LogP contribution in [-0.2, 0) is 6.42 Å². The minimum absolute atomic E-state index is 0.282. The van der Waals surface area contributed by atoms with E-state index in [0.29, 0.717) is 5.69 Å². The van der Waals surface area contributed by atoms with E-state index in [9.17, 15) is 0 Å². The number of benzene rings is 2.